The number of fused-ring (bicyclic) bond motifs is 2. The topological polar surface area (TPSA) is 60.7 Å². The first-order chi connectivity index (χ1) is 14.1. The van der Waals surface area contributed by atoms with Crippen molar-refractivity contribution in [2.75, 3.05) is 47.4 Å². The van der Waals surface area contributed by atoms with Crippen molar-refractivity contribution >= 4 is 0 Å². The van der Waals surface area contributed by atoms with Crippen LogP contribution in [0.15, 0.2) is 30.7 Å². The number of imidazole rings is 1. The van der Waals surface area contributed by atoms with Crippen LogP contribution in [-0.4, -0.2) is 87.8 Å². The highest BCUT2D eigenvalue weighted by Crippen LogP contribution is 2.14. The molecule has 160 valence electrons. The number of aliphatic hydroxyl groups excluding tert-OH is 1. The van der Waals surface area contributed by atoms with Gasteiger partial charge in [0, 0.05) is 50.8 Å². The number of aromatic nitrogens is 3. The fraction of sp³-hybridized carbons (Fsp3) is 0.636. The van der Waals surface area contributed by atoms with Crippen LogP contribution in [0.25, 0.3) is 0 Å². The lowest BCUT2D eigenvalue weighted by molar-refractivity contribution is 0.182. The van der Waals surface area contributed by atoms with Gasteiger partial charge in [-0.05, 0) is 58.6 Å². The lowest BCUT2D eigenvalue weighted by Crippen LogP contribution is -2.30. The number of aliphatic hydroxyl groups is 1. The molecule has 1 N–H and O–H groups in total. The van der Waals surface area contributed by atoms with Crippen LogP contribution in [0.5, 0.6) is 0 Å². The number of likely N-dealkylation sites (tertiary alicyclic amines) is 1. The highest BCUT2D eigenvalue weighted by molar-refractivity contribution is 5.21. The standard InChI is InChI=1S/C9H12N2.C7H11N3.C6H13NO/c1-11-6-4-8-3-2-5-10-9(8)7-11;1-9-4-5-10-3-2-8-7(10)6-9;1-7-4-2-3-6(7)5-8/h2-3,5H,4,6-7H2,1H3;2-3H,4-6H2,1H3;6,8H,2-5H2,1H3. The summed E-state index contributed by atoms with van der Waals surface area (Å²) in [4.78, 5) is 15.3. The number of hydrogen-bond donors (Lipinski definition) is 1. The second kappa shape index (κ2) is 10.8. The summed E-state index contributed by atoms with van der Waals surface area (Å²) in [5.41, 5.74) is 2.67. The second-order valence-electron chi connectivity index (χ2n) is 8.33. The second-order valence-corrected chi connectivity index (χ2v) is 8.33. The number of hydrogen-bond acceptors (Lipinski definition) is 6. The maximum absolute atomic E-state index is 8.69. The number of rotatable bonds is 1. The smallest absolute Gasteiger partial charge is 0.122 e. The molecule has 3 aliphatic rings. The molecule has 0 spiro atoms. The van der Waals surface area contributed by atoms with E-state index >= 15 is 0 Å². The van der Waals surface area contributed by atoms with E-state index in [0.717, 1.165) is 39.1 Å². The van der Waals surface area contributed by atoms with E-state index in [9.17, 15) is 0 Å². The van der Waals surface area contributed by atoms with Crippen molar-refractivity contribution in [2.45, 2.75) is 44.9 Å². The molecule has 2 aromatic rings. The van der Waals surface area contributed by atoms with Gasteiger partial charge in [0.15, 0.2) is 0 Å². The van der Waals surface area contributed by atoms with Crippen LogP contribution in [0, 0.1) is 0 Å². The Kier molecular flexibility index (Phi) is 8.18. The van der Waals surface area contributed by atoms with Gasteiger partial charge in [-0.15, -0.1) is 0 Å². The molecular formula is C22H36N6O. The van der Waals surface area contributed by atoms with E-state index in [2.05, 4.69) is 56.4 Å². The maximum atomic E-state index is 8.69. The van der Waals surface area contributed by atoms with Gasteiger partial charge in [-0.25, -0.2) is 4.98 Å². The first kappa shape index (κ1) is 21.9. The molecule has 0 amide bonds. The van der Waals surface area contributed by atoms with E-state index in [-0.39, 0.29) is 0 Å². The molecular weight excluding hydrogens is 364 g/mol. The molecule has 1 unspecified atom stereocenters. The largest absolute Gasteiger partial charge is 0.395 e. The molecule has 0 aromatic carbocycles. The van der Waals surface area contributed by atoms with Crippen LogP contribution in [-0.2, 0) is 26.1 Å². The molecule has 7 heteroatoms. The summed E-state index contributed by atoms with van der Waals surface area (Å²) in [7, 11) is 6.32. The predicted octanol–water partition coefficient (Wildman–Crippen LogP) is 1.47. The molecule has 2 aromatic heterocycles. The van der Waals surface area contributed by atoms with Gasteiger partial charge >= 0.3 is 0 Å². The monoisotopic (exact) mass is 400 g/mol. The molecule has 1 fully saturated rings. The predicted molar refractivity (Wildman–Crippen MR) is 116 cm³/mol. The van der Waals surface area contributed by atoms with Crippen molar-refractivity contribution in [2.24, 2.45) is 0 Å². The Morgan fingerprint density at radius 1 is 1.00 bits per heavy atom. The Morgan fingerprint density at radius 2 is 1.83 bits per heavy atom. The minimum absolute atomic E-state index is 0.330. The van der Waals surface area contributed by atoms with Crippen molar-refractivity contribution in [3.63, 3.8) is 0 Å². The van der Waals surface area contributed by atoms with Gasteiger partial charge in [-0.1, -0.05) is 6.07 Å². The van der Waals surface area contributed by atoms with Crippen molar-refractivity contribution in [3.05, 3.63) is 47.8 Å². The molecule has 3 aliphatic heterocycles. The fourth-order valence-electron chi connectivity index (χ4n) is 3.99. The quantitative estimate of drug-likeness (QED) is 0.782. The summed E-state index contributed by atoms with van der Waals surface area (Å²) in [6.45, 7) is 6.89. The number of pyridine rings is 1. The van der Waals surface area contributed by atoms with Crippen LogP contribution >= 0.6 is 0 Å². The molecule has 5 heterocycles. The van der Waals surface area contributed by atoms with Gasteiger partial charge in [-0.2, -0.15) is 0 Å². The summed E-state index contributed by atoms with van der Waals surface area (Å²) in [5.74, 6) is 1.19. The van der Waals surface area contributed by atoms with E-state index in [0.29, 0.717) is 12.6 Å². The minimum atomic E-state index is 0.330. The van der Waals surface area contributed by atoms with Crippen LogP contribution in [0.1, 0.15) is 29.9 Å². The third-order valence-electron chi connectivity index (χ3n) is 5.98. The Labute approximate surface area is 175 Å². The van der Waals surface area contributed by atoms with Gasteiger partial charge in [0.2, 0.25) is 0 Å². The van der Waals surface area contributed by atoms with Gasteiger partial charge in [0.05, 0.1) is 18.8 Å². The molecule has 0 bridgehead atoms. The minimum Gasteiger partial charge on any atom is -0.395 e. The molecule has 1 atom stereocenters. The summed E-state index contributed by atoms with van der Waals surface area (Å²) < 4.78 is 2.21. The summed E-state index contributed by atoms with van der Waals surface area (Å²) in [5, 5.41) is 8.69. The molecule has 29 heavy (non-hydrogen) atoms. The van der Waals surface area contributed by atoms with E-state index in [4.69, 9.17) is 5.11 Å². The van der Waals surface area contributed by atoms with Crippen LogP contribution in [0.4, 0.5) is 0 Å². The lowest BCUT2D eigenvalue weighted by atomic mass is 10.1. The summed E-state index contributed by atoms with van der Waals surface area (Å²) in [6, 6.07) is 4.65. The van der Waals surface area contributed by atoms with Crippen molar-refractivity contribution in [1.29, 1.82) is 0 Å². The number of nitrogens with zero attached hydrogens (tertiary/aromatic N) is 6. The Hall–Kier alpha value is -1.80. The van der Waals surface area contributed by atoms with Crippen molar-refractivity contribution < 1.29 is 5.11 Å². The zero-order chi connectivity index (χ0) is 20.6. The maximum Gasteiger partial charge on any atom is 0.122 e. The van der Waals surface area contributed by atoms with Crippen molar-refractivity contribution in [1.82, 2.24) is 29.2 Å². The van der Waals surface area contributed by atoms with E-state index in [1.165, 1.54) is 36.5 Å². The Bertz CT molecular complexity index is 748. The zero-order valence-corrected chi connectivity index (χ0v) is 18.2. The van der Waals surface area contributed by atoms with E-state index < -0.39 is 0 Å². The summed E-state index contributed by atoms with van der Waals surface area (Å²) in [6.07, 6.45) is 9.36. The fourth-order valence-corrected chi connectivity index (χ4v) is 3.99. The van der Waals surface area contributed by atoms with Gasteiger partial charge in [0.1, 0.15) is 5.82 Å². The first-order valence-corrected chi connectivity index (χ1v) is 10.7. The lowest BCUT2D eigenvalue weighted by Gasteiger charge is -2.23. The first-order valence-electron chi connectivity index (χ1n) is 10.7. The molecule has 7 nitrogen and oxygen atoms in total. The van der Waals surface area contributed by atoms with Crippen molar-refractivity contribution in [3.8, 4) is 0 Å². The SMILES string of the molecule is CN1CCCC1CO.CN1CCc2cccnc2C1.CN1CCn2ccnc2C1. The van der Waals surface area contributed by atoms with Crippen LogP contribution < -0.4 is 0 Å². The van der Waals surface area contributed by atoms with E-state index in [1.807, 2.05) is 24.7 Å². The molecule has 0 radical (unpaired) electrons. The van der Waals surface area contributed by atoms with Gasteiger partial charge < -0.3 is 19.5 Å². The average Bonchev–Trinajstić information content (AvgIpc) is 3.36. The van der Waals surface area contributed by atoms with Crippen LogP contribution in [0.2, 0.25) is 0 Å². The highest BCUT2D eigenvalue weighted by Gasteiger charge is 2.18. The summed E-state index contributed by atoms with van der Waals surface area (Å²) >= 11 is 0. The zero-order valence-electron chi connectivity index (χ0n) is 18.2. The Balaban J connectivity index is 0.000000126. The third-order valence-corrected chi connectivity index (χ3v) is 5.98. The Morgan fingerprint density at radius 3 is 2.55 bits per heavy atom. The van der Waals surface area contributed by atoms with Crippen LogP contribution in [0.3, 0.4) is 0 Å². The van der Waals surface area contributed by atoms with Gasteiger partial charge in [0.25, 0.3) is 0 Å². The molecule has 0 saturated carbocycles. The average molecular weight is 401 g/mol. The number of likely N-dealkylation sites (N-methyl/N-ethyl adjacent to an activating group) is 3. The molecule has 5 rings (SSSR count). The molecule has 0 aliphatic carbocycles. The molecule has 1 saturated heterocycles. The normalized spacial score (nSPS) is 22.0. The van der Waals surface area contributed by atoms with Gasteiger partial charge in [-0.3, -0.25) is 9.88 Å². The third kappa shape index (κ3) is 6.34. The highest BCUT2D eigenvalue weighted by atomic mass is 16.3. The van der Waals surface area contributed by atoms with E-state index in [1.54, 1.807) is 0 Å².